The third kappa shape index (κ3) is 3.27. The summed E-state index contributed by atoms with van der Waals surface area (Å²) in [6, 6.07) is 11.8. The highest BCUT2D eigenvalue weighted by atomic mass is 15.1. The number of nitrogens with zero attached hydrogens (tertiary/aromatic N) is 3. The Morgan fingerprint density at radius 1 is 0.875 bits per heavy atom. The van der Waals surface area contributed by atoms with Crippen molar-refractivity contribution in [3.8, 4) is 0 Å². The Morgan fingerprint density at radius 2 is 1.58 bits per heavy atom. The van der Waals surface area contributed by atoms with Crippen molar-refractivity contribution in [2.75, 3.05) is 16.4 Å². The molecule has 0 atom stereocenters. The Kier molecular flexibility index (Phi) is 4.29. The van der Waals surface area contributed by atoms with E-state index in [-0.39, 0.29) is 0 Å². The zero-order valence-electron chi connectivity index (χ0n) is 14.0. The second-order valence-electron chi connectivity index (χ2n) is 5.65. The number of nitrogen functional groups attached to an aromatic ring is 1. The minimum Gasteiger partial charge on any atom is -0.393 e. The van der Waals surface area contributed by atoms with Crippen LogP contribution in [0.25, 0.3) is 0 Å². The van der Waals surface area contributed by atoms with Crippen molar-refractivity contribution >= 4 is 28.8 Å². The number of nitrogens with one attached hydrogen (secondary N) is 2. The first-order valence-electron chi connectivity index (χ1n) is 7.69. The summed E-state index contributed by atoms with van der Waals surface area (Å²) in [6.07, 6.45) is 1.47. The van der Waals surface area contributed by atoms with Crippen LogP contribution in [0.15, 0.2) is 42.7 Å². The van der Waals surface area contributed by atoms with Crippen molar-refractivity contribution in [3.63, 3.8) is 0 Å². The molecule has 0 saturated heterocycles. The lowest BCUT2D eigenvalue weighted by atomic mass is 10.1. The smallest absolute Gasteiger partial charge is 0.160 e. The normalized spacial score (nSPS) is 10.5. The van der Waals surface area contributed by atoms with Crippen LogP contribution in [-0.2, 0) is 0 Å². The van der Waals surface area contributed by atoms with Crippen LogP contribution in [0.3, 0.4) is 0 Å². The molecular formula is C18H20N6. The molecule has 0 aliphatic heterocycles. The molecule has 0 aliphatic rings. The predicted octanol–water partition coefficient (Wildman–Crippen LogP) is 3.87. The summed E-state index contributed by atoms with van der Waals surface area (Å²) in [5.41, 5.74) is 10.9. The van der Waals surface area contributed by atoms with Crippen LogP contribution < -0.4 is 16.4 Å². The van der Waals surface area contributed by atoms with Gasteiger partial charge in [0.05, 0.1) is 0 Å². The van der Waals surface area contributed by atoms with E-state index >= 15 is 0 Å². The summed E-state index contributed by atoms with van der Waals surface area (Å²) in [4.78, 5) is 12.9. The van der Waals surface area contributed by atoms with Crippen LogP contribution in [0.2, 0.25) is 0 Å². The Balaban J connectivity index is 1.89. The van der Waals surface area contributed by atoms with Crippen molar-refractivity contribution in [1.82, 2.24) is 15.0 Å². The molecule has 122 valence electrons. The first kappa shape index (κ1) is 15.7. The van der Waals surface area contributed by atoms with Crippen LogP contribution in [0.4, 0.5) is 28.8 Å². The second-order valence-corrected chi connectivity index (χ2v) is 5.65. The highest BCUT2D eigenvalue weighted by Crippen LogP contribution is 2.29. The molecule has 0 radical (unpaired) electrons. The van der Waals surface area contributed by atoms with Gasteiger partial charge in [0.2, 0.25) is 0 Å². The number of pyridine rings is 1. The van der Waals surface area contributed by atoms with E-state index in [9.17, 15) is 0 Å². The summed E-state index contributed by atoms with van der Waals surface area (Å²) in [5.74, 6) is 1.78. The maximum atomic E-state index is 6.23. The van der Waals surface area contributed by atoms with Gasteiger partial charge in [-0.05, 0) is 50.1 Å². The largest absolute Gasteiger partial charge is 0.393 e. The second kappa shape index (κ2) is 6.54. The monoisotopic (exact) mass is 320 g/mol. The van der Waals surface area contributed by atoms with Gasteiger partial charge >= 0.3 is 0 Å². The number of rotatable bonds is 4. The van der Waals surface area contributed by atoms with Gasteiger partial charge in [-0.15, -0.1) is 0 Å². The number of aromatic nitrogens is 3. The van der Waals surface area contributed by atoms with Crippen molar-refractivity contribution in [2.24, 2.45) is 0 Å². The average Bonchev–Trinajstić information content (AvgIpc) is 2.55. The van der Waals surface area contributed by atoms with Gasteiger partial charge in [-0.2, -0.15) is 0 Å². The maximum absolute atomic E-state index is 6.23. The highest BCUT2D eigenvalue weighted by molar-refractivity contribution is 5.80. The molecule has 0 bridgehead atoms. The van der Waals surface area contributed by atoms with Gasteiger partial charge in [0.25, 0.3) is 0 Å². The molecule has 2 heterocycles. The van der Waals surface area contributed by atoms with Crippen LogP contribution >= 0.6 is 0 Å². The molecule has 0 spiro atoms. The third-order valence-corrected chi connectivity index (χ3v) is 3.88. The number of anilines is 5. The minimum absolute atomic E-state index is 0.446. The van der Waals surface area contributed by atoms with E-state index in [0.717, 1.165) is 16.9 Å². The molecule has 0 saturated carbocycles. The van der Waals surface area contributed by atoms with Crippen LogP contribution in [0, 0.1) is 20.8 Å². The van der Waals surface area contributed by atoms with E-state index in [1.54, 1.807) is 0 Å². The standard InChI is InChI=1S/C18H20N6/c1-11-6-4-8-14(13(11)3)23-17-16(19)18(21-10-20-17)24-15-9-5-7-12(2)22-15/h4-10H,19H2,1-3H3,(H2,20,21,22,23,24). The fraction of sp³-hybridized carbons (Fsp3) is 0.167. The Labute approximate surface area is 141 Å². The third-order valence-electron chi connectivity index (χ3n) is 3.88. The van der Waals surface area contributed by atoms with E-state index < -0.39 is 0 Å². The summed E-state index contributed by atoms with van der Waals surface area (Å²) in [7, 11) is 0. The Bertz CT molecular complexity index is 875. The van der Waals surface area contributed by atoms with Gasteiger partial charge in [0.15, 0.2) is 11.6 Å². The van der Waals surface area contributed by atoms with Gasteiger partial charge in [0.1, 0.15) is 17.8 Å². The Hall–Kier alpha value is -3.15. The Morgan fingerprint density at radius 3 is 2.33 bits per heavy atom. The number of aryl methyl sites for hydroxylation is 2. The fourth-order valence-corrected chi connectivity index (χ4v) is 2.34. The fourth-order valence-electron chi connectivity index (χ4n) is 2.34. The van der Waals surface area contributed by atoms with E-state index in [2.05, 4.69) is 45.5 Å². The number of hydrogen-bond acceptors (Lipinski definition) is 6. The molecule has 0 fully saturated rings. The maximum Gasteiger partial charge on any atom is 0.160 e. The lowest BCUT2D eigenvalue weighted by Gasteiger charge is -2.14. The molecule has 0 amide bonds. The SMILES string of the molecule is Cc1cccc(Nc2ncnc(Nc3cccc(C)c3C)c2N)n1. The summed E-state index contributed by atoms with van der Waals surface area (Å²) >= 11 is 0. The zero-order chi connectivity index (χ0) is 17.1. The van der Waals surface area contributed by atoms with Crippen molar-refractivity contribution in [2.45, 2.75) is 20.8 Å². The van der Waals surface area contributed by atoms with Crippen molar-refractivity contribution < 1.29 is 0 Å². The van der Waals surface area contributed by atoms with E-state index in [4.69, 9.17) is 5.73 Å². The van der Waals surface area contributed by atoms with Crippen LogP contribution in [0.1, 0.15) is 16.8 Å². The molecule has 24 heavy (non-hydrogen) atoms. The molecule has 4 N–H and O–H groups in total. The number of benzene rings is 1. The van der Waals surface area contributed by atoms with Crippen molar-refractivity contribution in [1.29, 1.82) is 0 Å². The zero-order valence-corrected chi connectivity index (χ0v) is 14.0. The van der Waals surface area contributed by atoms with Gasteiger partial charge in [-0.3, -0.25) is 0 Å². The van der Waals surface area contributed by atoms with Gasteiger partial charge in [0, 0.05) is 11.4 Å². The van der Waals surface area contributed by atoms with Gasteiger partial charge in [-0.25, -0.2) is 15.0 Å². The molecule has 1 aromatic carbocycles. The molecular weight excluding hydrogens is 300 g/mol. The highest BCUT2D eigenvalue weighted by Gasteiger charge is 2.10. The van der Waals surface area contributed by atoms with E-state index in [0.29, 0.717) is 23.1 Å². The molecule has 3 aromatic rings. The van der Waals surface area contributed by atoms with Gasteiger partial charge < -0.3 is 16.4 Å². The topological polar surface area (TPSA) is 88.8 Å². The van der Waals surface area contributed by atoms with Crippen molar-refractivity contribution in [3.05, 3.63) is 59.5 Å². The van der Waals surface area contributed by atoms with E-state index in [1.165, 1.54) is 11.9 Å². The van der Waals surface area contributed by atoms with Crippen LogP contribution in [-0.4, -0.2) is 15.0 Å². The lowest BCUT2D eigenvalue weighted by Crippen LogP contribution is -2.06. The predicted molar refractivity (Wildman–Crippen MR) is 97.9 cm³/mol. The summed E-state index contributed by atoms with van der Waals surface area (Å²) in [5, 5.41) is 6.42. The molecule has 6 heteroatoms. The minimum atomic E-state index is 0.446. The summed E-state index contributed by atoms with van der Waals surface area (Å²) < 4.78 is 0. The number of hydrogen-bond donors (Lipinski definition) is 3. The quantitative estimate of drug-likeness (QED) is 0.676. The van der Waals surface area contributed by atoms with Gasteiger partial charge in [-0.1, -0.05) is 18.2 Å². The lowest BCUT2D eigenvalue weighted by molar-refractivity contribution is 1.14. The molecule has 6 nitrogen and oxygen atoms in total. The first-order chi connectivity index (χ1) is 11.5. The first-order valence-corrected chi connectivity index (χ1v) is 7.69. The average molecular weight is 320 g/mol. The van der Waals surface area contributed by atoms with E-state index in [1.807, 2.05) is 37.3 Å². The number of nitrogens with two attached hydrogens (primary N) is 1. The molecule has 2 aromatic heterocycles. The van der Waals surface area contributed by atoms with Crippen LogP contribution in [0.5, 0.6) is 0 Å². The molecule has 3 rings (SSSR count). The molecule has 0 unspecified atom stereocenters. The summed E-state index contributed by atoms with van der Waals surface area (Å²) in [6.45, 7) is 6.06. The molecule has 0 aliphatic carbocycles.